The molecular weight excluding hydrogens is 335 g/mol. The maximum absolute atomic E-state index is 12.4. The van der Waals surface area contributed by atoms with Gasteiger partial charge in [-0.3, -0.25) is 4.79 Å². The molecule has 1 aromatic carbocycles. The Morgan fingerprint density at radius 1 is 1.17 bits per heavy atom. The van der Waals surface area contributed by atoms with Gasteiger partial charge in [-0.05, 0) is 44.5 Å². The Labute approximate surface area is 130 Å². The summed E-state index contributed by atoms with van der Waals surface area (Å²) in [6.07, 6.45) is 0. The predicted molar refractivity (Wildman–Crippen MR) is 76.8 cm³/mol. The number of hydrogen-bond donors (Lipinski definition) is 0. The van der Waals surface area contributed by atoms with Crippen LogP contribution in [0, 0.1) is 13.8 Å². The van der Waals surface area contributed by atoms with Crippen molar-refractivity contribution in [1.29, 1.82) is 0 Å². The van der Waals surface area contributed by atoms with Crippen molar-refractivity contribution in [2.24, 2.45) is 0 Å². The number of aromatic nitrogens is 1. The molecule has 2 rings (SSSR count). The number of benzene rings is 1. The zero-order valence-corrected chi connectivity index (χ0v) is 13.2. The fourth-order valence-corrected chi connectivity index (χ4v) is 2.53. The van der Waals surface area contributed by atoms with Crippen molar-refractivity contribution in [2.45, 2.75) is 26.3 Å². The second-order valence-electron chi connectivity index (χ2n) is 4.99. The van der Waals surface area contributed by atoms with E-state index >= 15 is 0 Å². The number of aryl methyl sites for hydroxylation is 2. The highest BCUT2D eigenvalue weighted by molar-refractivity contribution is 7.88. The van der Waals surface area contributed by atoms with Crippen LogP contribution < -0.4 is 4.18 Å². The first-order chi connectivity index (χ1) is 10.4. The van der Waals surface area contributed by atoms with E-state index < -0.39 is 21.4 Å². The maximum Gasteiger partial charge on any atom is 0.534 e. The Morgan fingerprint density at radius 3 is 2.30 bits per heavy atom. The number of fused-ring (bicyclic) bond motifs is 1. The number of pyridine rings is 1. The average molecular weight is 347 g/mol. The van der Waals surface area contributed by atoms with E-state index in [2.05, 4.69) is 9.17 Å². The van der Waals surface area contributed by atoms with Gasteiger partial charge in [0.25, 0.3) is 0 Å². The van der Waals surface area contributed by atoms with Crippen molar-refractivity contribution >= 4 is 26.8 Å². The van der Waals surface area contributed by atoms with Crippen LogP contribution in [0.4, 0.5) is 13.2 Å². The highest BCUT2D eigenvalue weighted by atomic mass is 32.2. The third kappa shape index (κ3) is 3.29. The lowest BCUT2D eigenvalue weighted by atomic mass is 10.0. The number of halogens is 3. The first-order valence-corrected chi connectivity index (χ1v) is 7.77. The first kappa shape index (κ1) is 17.2. The smallest absolute Gasteiger partial charge is 0.374 e. The van der Waals surface area contributed by atoms with Gasteiger partial charge in [0.1, 0.15) is 0 Å². The Balaban J connectivity index is 2.68. The van der Waals surface area contributed by atoms with E-state index in [9.17, 15) is 26.4 Å². The summed E-state index contributed by atoms with van der Waals surface area (Å²) in [5.74, 6) is -0.893. The molecule has 0 saturated heterocycles. The number of alkyl halides is 3. The molecule has 0 aliphatic carbocycles. The lowest BCUT2D eigenvalue weighted by Gasteiger charge is -2.13. The van der Waals surface area contributed by atoms with Crippen molar-refractivity contribution in [1.82, 2.24) is 4.98 Å². The van der Waals surface area contributed by atoms with E-state index in [0.29, 0.717) is 5.52 Å². The number of Topliss-reactive ketones (excluding diaryl/α,β-unsaturated/α-hetero) is 1. The van der Waals surface area contributed by atoms with Gasteiger partial charge >= 0.3 is 15.6 Å². The van der Waals surface area contributed by atoms with Gasteiger partial charge in [0.2, 0.25) is 0 Å². The molecule has 0 bridgehead atoms. The van der Waals surface area contributed by atoms with Gasteiger partial charge in [-0.1, -0.05) is 0 Å². The first-order valence-electron chi connectivity index (χ1n) is 6.36. The molecule has 0 fully saturated rings. The second kappa shape index (κ2) is 5.48. The molecule has 23 heavy (non-hydrogen) atoms. The molecule has 1 aromatic heterocycles. The molecule has 124 valence electrons. The fraction of sp³-hybridized carbons (Fsp3) is 0.286. The molecule has 0 aliphatic rings. The maximum atomic E-state index is 12.4. The number of hydrogen-bond acceptors (Lipinski definition) is 5. The van der Waals surface area contributed by atoms with Gasteiger partial charge < -0.3 is 4.18 Å². The van der Waals surface area contributed by atoms with Crippen LogP contribution in [0.3, 0.4) is 0 Å². The number of ketones is 1. The van der Waals surface area contributed by atoms with Crippen molar-refractivity contribution in [3.05, 3.63) is 35.0 Å². The Kier molecular flexibility index (Phi) is 4.10. The normalized spacial score (nSPS) is 12.4. The summed E-state index contributed by atoms with van der Waals surface area (Å²) in [4.78, 5) is 15.7. The zero-order valence-electron chi connectivity index (χ0n) is 12.4. The molecule has 0 radical (unpaired) electrons. The van der Waals surface area contributed by atoms with Gasteiger partial charge in [0.05, 0.1) is 11.2 Å². The summed E-state index contributed by atoms with van der Waals surface area (Å²) in [6.45, 7) is 4.35. The summed E-state index contributed by atoms with van der Waals surface area (Å²) in [5.41, 5.74) is -4.26. The number of carbonyl (C=O) groups excluding carboxylic acids is 1. The highest BCUT2D eigenvalue weighted by Crippen LogP contribution is 2.31. The van der Waals surface area contributed by atoms with Crippen molar-refractivity contribution in [3.8, 4) is 5.75 Å². The molecular formula is C14H12F3NO4S. The number of rotatable bonds is 3. The quantitative estimate of drug-likeness (QED) is 0.484. The molecule has 9 heteroatoms. The molecule has 0 amide bonds. The van der Waals surface area contributed by atoms with Crippen LogP contribution in [0.5, 0.6) is 5.75 Å². The molecule has 0 spiro atoms. The van der Waals surface area contributed by atoms with E-state index in [0.717, 1.165) is 11.6 Å². The number of nitrogens with zero attached hydrogens (tertiary/aromatic N) is 1. The standard InChI is InChI=1S/C14H12F3NO4S/c1-7-4-10(9(3)19)11-6-13(8(2)18-12(11)5-7)22-23(20,21)14(15,16)17/h4-6H,1-3H3. The highest BCUT2D eigenvalue weighted by Gasteiger charge is 2.48. The molecule has 5 nitrogen and oxygen atoms in total. The Morgan fingerprint density at radius 2 is 1.78 bits per heavy atom. The van der Waals surface area contributed by atoms with E-state index in [1.54, 1.807) is 19.1 Å². The summed E-state index contributed by atoms with van der Waals surface area (Å²) < 4.78 is 63.7. The van der Waals surface area contributed by atoms with Crippen LogP contribution in [0.2, 0.25) is 0 Å². The average Bonchev–Trinajstić information content (AvgIpc) is 2.37. The monoisotopic (exact) mass is 347 g/mol. The second-order valence-corrected chi connectivity index (χ2v) is 6.53. The van der Waals surface area contributed by atoms with Gasteiger partial charge in [-0.2, -0.15) is 21.6 Å². The Hall–Kier alpha value is -2.16. The minimum atomic E-state index is -5.81. The van der Waals surface area contributed by atoms with Crippen LogP contribution in [-0.2, 0) is 10.1 Å². The predicted octanol–water partition coefficient (Wildman–Crippen LogP) is 3.28. The van der Waals surface area contributed by atoms with Gasteiger partial charge in [0, 0.05) is 10.9 Å². The topological polar surface area (TPSA) is 73.3 Å². The van der Waals surface area contributed by atoms with Gasteiger partial charge in [-0.25, -0.2) is 4.98 Å². The van der Waals surface area contributed by atoms with Crippen LogP contribution >= 0.6 is 0 Å². The van der Waals surface area contributed by atoms with Crippen LogP contribution in [0.1, 0.15) is 28.5 Å². The SMILES string of the molecule is CC(=O)c1cc(C)cc2nc(C)c(OS(=O)(=O)C(F)(F)F)cc12. The lowest BCUT2D eigenvalue weighted by Crippen LogP contribution is -2.28. The van der Waals surface area contributed by atoms with Crippen molar-refractivity contribution in [2.75, 3.05) is 0 Å². The van der Waals surface area contributed by atoms with Crippen molar-refractivity contribution in [3.63, 3.8) is 0 Å². The molecule has 1 heterocycles. The third-order valence-corrected chi connectivity index (χ3v) is 4.05. The molecule has 0 atom stereocenters. The Bertz CT molecular complexity index is 904. The molecule has 0 aliphatic heterocycles. The van der Waals surface area contributed by atoms with Crippen molar-refractivity contribution < 1.29 is 30.6 Å². The zero-order chi connectivity index (χ0) is 17.6. The molecule has 0 N–H and O–H groups in total. The van der Waals surface area contributed by atoms with E-state index in [4.69, 9.17) is 0 Å². The summed E-state index contributed by atoms with van der Waals surface area (Å²) in [7, 11) is -5.81. The van der Waals surface area contributed by atoms with Gasteiger partial charge in [-0.15, -0.1) is 0 Å². The minimum Gasteiger partial charge on any atom is -0.374 e. The van der Waals surface area contributed by atoms with E-state index in [-0.39, 0.29) is 22.4 Å². The molecule has 0 unspecified atom stereocenters. The van der Waals surface area contributed by atoms with Crippen LogP contribution in [-0.4, -0.2) is 24.7 Å². The minimum absolute atomic E-state index is 0.0366. The van der Waals surface area contributed by atoms with Crippen LogP contribution in [0.15, 0.2) is 18.2 Å². The fourth-order valence-electron chi connectivity index (χ4n) is 2.04. The van der Waals surface area contributed by atoms with Gasteiger partial charge in [0.15, 0.2) is 11.5 Å². The van der Waals surface area contributed by atoms with E-state index in [1.807, 2.05) is 0 Å². The molecule has 0 saturated carbocycles. The largest absolute Gasteiger partial charge is 0.534 e. The number of carbonyl (C=O) groups is 1. The van der Waals surface area contributed by atoms with E-state index in [1.165, 1.54) is 13.8 Å². The third-order valence-electron chi connectivity index (χ3n) is 3.08. The summed E-state index contributed by atoms with van der Waals surface area (Å²) in [5, 5.41) is 0.223. The molecule has 2 aromatic rings. The summed E-state index contributed by atoms with van der Waals surface area (Å²) >= 11 is 0. The van der Waals surface area contributed by atoms with Crippen LogP contribution in [0.25, 0.3) is 10.9 Å². The lowest BCUT2D eigenvalue weighted by molar-refractivity contribution is -0.0500. The summed E-state index contributed by atoms with van der Waals surface area (Å²) in [6, 6.07) is 4.26.